The fourth-order valence-electron chi connectivity index (χ4n) is 3.83. The van der Waals surface area contributed by atoms with Gasteiger partial charge in [0.05, 0.1) is 6.61 Å². The van der Waals surface area contributed by atoms with E-state index in [2.05, 4.69) is 10.2 Å². The minimum absolute atomic E-state index is 0.268. The smallest absolute Gasteiger partial charge is 0.324 e. The Morgan fingerprint density at radius 2 is 1.88 bits per heavy atom. The molecule has 0 aliphatic carbocycles. The van der Waals surface area contributed by atoms with Crippen molar-refractivity contribution in [3.8, 4) is 0 Å². The molecular formula is C17H28N4O4. The van der Waals surface area contributed by atoms with E-state index < -0.39 is 17.8 Å². The van der Waals surface area contributed by atoms with E-state index in [0.717, 1.165) is 50.5 Å². The van der Waals surface area contributed by atoms with Gasteiger partial charge in [0, 0.05) is 38.8 Å². The predicted molar refractivity (Wildman–Crippen MR) is 90.9 cm³/mol. The lowest BCUT2D eigenvalue weighted by Crippen LogP contribution is -2.58. The molecule has 4 amide bonds. The van der Waals surface area contributed by atoms with Crippen LogP contribution in [0.15, 0.2) is 0 Å². The number of piperazine rings is 1. The molecule has 1 unspecified atom stereocenters. The molecule has 0 saturated carbocycles. The van der Waals surface area contributed by atoms with Gasteiger partial charge in [-0.05, 0) is 45.2 Å². The number of urea groups is 1. The van der Waals surface area contributed by atoms with Crippen molar-refractivity contribution in [3.05, 3.63) is 0 Å². The third-order valence-corrected chi connectivity index (χ3v) is 5.55. The van der Waals surface area contributed by atoms with Crippen LogP contribution in [0.3, 0.4) is 0 Å². The molecule has 3 aliphatic heterocycles. The third kappa shape index (κ3) is 4.12. The van der Waals surface area contributed by atoms with Gasteiger partial charge >= 0.3 is 17.8 Å². The lowest BCUT2D eigenvalue weighted by molar-refractivity contribution is -0.153. The summed E-state index contributed by atoms with van der Waals surface area (Å²) in [5.41, 5.74) is 0. The minimum Gasteiger partial charge on any atom is -0.380 e. The van der Waals surface area contributed by atoms with Gasteiger partial charge in [0.25, 0.3) is 0 Å². The number of likely N-dealkylation sites (tertiary alicyclic amines) is 1. The van der Waals surface area contributed by atoms with Gasteiger partial charge in [-0.1, -0.05) is 0 Å². The number of carbonyl (C=O) groups excluding carboxylic acids is 3. The summed E-state index contributed by atoms with van der Waals surface area (Å²) in [7, 11) is 0. The van der Waals surface area contributed by atoms with E-state index in [9.17, 15) is 14.4 Å². The summed E-state index contributed by atoms with van der Waals surface area (Å²) in [5, 5.41) is 2.84. The molecule has 0 spiro atoms. The quantitative estimate of drug-likeness (QED) is 0.714. The van der Waals surface area contributed by atoms with Crippen molar-refractivity contribution < 1.29 is 19.1 Å². The molecular weight excluding hydrogens is 324 g/mol. The van der Waals surface area contributed by atoms with Crippen molar-refractivity contribution in [1.29, 1.82) is 0 Å². The maximum Gasteiger partial charge on any atom is 0.324 e. The van der Waals surface area contributed by atoms with Gasteiger partial charge in [-0.25, -0.2) is 4.79 Å². The number of nitrogens with zero attached hydrogens (tertiary/aromatic N) is 3. The van der Waals surface area contributed by atoms with Crippen molar-refractivity contribution in [2.45, 2.75) is 32.2 Å². The Hall–Kier alpha value is -1.67. The monoisotopic (exact) mass is 352 g/mol. The lowest BCUT2D eigenvalue weighted by atomic mass is 9.95. The molecule has 25 heavy (non-hydrogen) atoms. The van der Waals surface area contributed by atoms with E-state index >= 15 is 0 Å². The molecule has 8 heteroatoms. The largest absolute Gasteiger partial charge is 0.380 e. The Morgan fingerprint density at radius 3 is 2.52 bits per heavy atom. The Bertz CT molecular complexity index is 513. The standard InChI is InChI=1S/C17H28N4O4/c1-2-19-8-9-21(16(23)15(19)22)17(24)18-11-13-3-6-20(7-4-13)14-5-10-25-12-14/h13-14H,2-12H2,1H3,(H,18,24). The van der Waals surface area contributed by atoms with E-state index in [4.69, 9.17) is 4.74 Å². The Kier molecular flexibility index (Phi) is 5.90. The number of carbonyl (C=O) groups is 3. The predicted octanol–water partition coefficient (Wildman–Crippen LogP) is -0.112. The number of hydrogen-bond acceptors (Lipinski definition) is 5. The van der Waals surface area contributed by atoms with Crippen molar-refractivity contribution in [2.75, 3.05) is 52.5 Å². The molecule has 3 aliphatic rings. The number of nitrogens with one attached hydrogen (secondary N) is 1. The van der Waals surface area contributed by atoms with Crippen LogP contribution in [-0.2, 0) is 14.3 Å². The summed E-state index contributed by atoms with van der Waals surface area (Å²) >= 11 is 0. The molecule has 0 aromatic rings. The van der Waals surface area contributed by atoms with Gasteiger partial charge in [-0.3, -0.25) is 19.4 Å². The Balaban J connectivity index is 1.41. The second kappa shape index (κ2) is 8.14. The normalized spacial score (nSPS) is 26.4. The van der Waals surface area contributed by atoms with E-state index in [-0.39, 0.29) is 6.54 Å². The molecule has 0 aromatic heterocycles. The molecule has 1 atom stereocenters. The number of hydrogen-bond donors (Lipinski definition) is 1. The maximum absolute atomic E-state index is 12.3. The molecule has 3 rings (SSSR count). The third-order valence-electron chi connectivity index (χ3n) is 5.55. The number of ether oxygens (including phenoxy) is 1. The summed E-state index contributed by atoms with van der Waals surface area (Å²) in [6, 6.07) is 0.106. The SMILES string of the molecule is CCN1CCN(C(=O)NCC2CCN(C3CCOC3)CC2)C(=O)C1=O. The zero-order chi connectivity index (χ0) is 17.8. The fourth-order valence-corrected chi connectivity index (χ4v) is 3.83. The Labute approximate surface area is 148 Å². The van der Waals surface area contributed by atoms with E-state index in [1.807, 2.05) is 6.92 Å². The number of imide groups is 1. The number of amides is 4. The van der Waals surface area contributed by atoms with E-state index in [0.29, 0.717) is 31.6 Å². The first-order chi connectivity index (χ1) is 12.1. The average molecular weight is 352 g/mol. The van der Waals surface area contributed by atoms with Crippen LogP contribution in [0.1, 0.15) is 26.2 Å². The number of rotatable bonds is 4. The molecule has 0 bridgehead atoms. The number of likely N-dealkylation sites (N-methyl/N-ethyl adjacent to an activating group) is 1. The summed E-state index contributed by atoms with van der Waals surface area (Å²) in [6.45, 7) is 7.31. The van der Waals surface area contributed by atoms with Crippen LogP contribution >= 0.6 is 0 Å². The summed E-state index contributed by atoms with van der Waals surface area (Å²) in [5.74, 6) is -0.886. The van der Waals surface area contributed by atoms with Gasteiger partial charge in [0.15, 0.2) is 0 Å². The highest BCUT2D eigenvalue weighted by Gasteiger charge is 2.35. The van der Waals surface area contributed by atoms with Crippen LogP contribution in [0.2, 0.25) is 0 Å². The maximum atomic E-state index is 12.3. The highest BCUT2D eigenvalue weighted by molar-refractivity contribution is 6.38. The van der Waals surface area contributed by atoms with Gasteiger partial charge < -0.3 is 15.0 Å². The second-order valence-electron chi connectivity index (χ2n) is 7.02. The summed E-state index contributed by atoms with van der Waals surface area (Å²) in [6.07, 6.45) is 3.18. The van der Waals surface area contributed by atoms with Gasteiger partial charge in [-0.15, -0.1) is 0 Å². The van der Waals surface area contributed by atoms with Crippen LogP contribution in [0, 0.1) is 5.92 Å². The second-order valence-corrected chi connectivity index (χ2v) is 7.02. The van der Waals surface area contributed by atoms with Crippen molar-refractivity contribution >= 4 is 17.8 Å². The first-order valence-corrected chi connectivity index (χ1v) is 9.30. The van der Waals surface area contributed by atoms with Crippen molar-refractivity contribution in [1.82, 2.24) is 20.0 Å². The molecule has 140 valence electrons. The van der Waals surface area contributed by atoms with Gasteiger partial charge in [0.1, 0.15) is 0 Å². The fraction of sp³-hybridized carbons (Fsp3) is 0.824. The number of piperidine rings is 1. The highest BCUT2D eigenvalue weighted by Crippen LogP contribution is 2.22. The molecule has 8 nitrogen and oxygen atoms in total. The zero-order valence-corrected chi connectivity index (χ0v) is 14.9. The Morgan fingerprint density at radius 1 is 1.12 bits per heavy atom. The average Bonchev–Trinajstić information content (AvgIpc) is 3.17. The van der Waals surface area contributed by atoms with Crippen LogP contribution < -0.4 is 5.32 Å². The molecule has 3 fully saturated rings. The molecule has 1 N–H and O–H groups in total. The van der Waals surface area contributed by atoms with Crippen LogP contribution in [0.4, 0.5) is 4.79 Å². The topological polar surface area (TPSA) is 82.2 Å². The van der Waals surface area contributed by atoms with E-state index in [1.54, 1.807) is 0 Å². The molecule has 3 heterocycles. The zero-order valence-electron chi connectivity index (χ0n) is 14.9. The molecule has 0 radical (unpaired) electrons. The lowest BCUT2D eigenvalue weighted by Gasteiger charge is -2.36. The first kappa shape index (κ1) is 18.1. The highest BCUT2D eigenvalue weighted by atomic mass is 16.5. The summed E-state index contributed by atoms with van der Waals surface area (Å²) < 4.78 is 5.45. The minimum atomic E-state index is -0.721. The van der Waals surface area contributed by atoms with Crippen molar-refractivity contribution in [2.24, 2.45) is 5.92 Å². The van der Waals surface area contributed by atoms with Gasteiger partial charge in [-0.2, -0.15) is 0 Å². The summed E-state index contributed by atoms with van der Waals surface area (Å²) in [4.78, 5) is 41.2. The van der Waals surface area contributed by atoms with Crippen molar-refractivity contribution in [3.63, 3.8) is 0 Å². The van der Waals surface area contributed by atoms with Crippen LogP contribution in [0.5, 0.6) is 0 Å². The van der Waals surface area contributed by atoms with Crippen LogP contribution in [0.25, 0.3) is 0 Å². The van der Waals surface area contributed by atoms with Gasteiger partial charge in [0.2, 0.25) is 0 Å². The first-order valence-electron chi connectivity index (χ1n) is 9.30. The molecule has 0 aromatic carbocycles. The molecule has 3 saturated heterocycles. The van der Waals surface area contributed by atoms with E-state index in [1.165, 1.54) is 4.90 Å². The van der Waals surface area contributed by atoms with Crippen LogP contribution in [-0.4, -0.2) is 91.1 Å².